The number of fused-ring (bicyclic) bond motifs is 1. The number of hydrogen-bond donors (Lipinski definition) is 0. The summed E-state index contributed by atoms with van der Waals surface area (Å²) in [6, 6.07) is 19.1. The van der Waals surface area contributed by atoms with Gasteiger partial charge < -0.3 is 23.7 Å². The van der Waals surface area contributed by atoms with Gasteiger partial charge in [0.2, 0.25) is 5.88 Å². The number of nitrogens with zero attached hydrogens (tertiary/aromatic N) is 7. The average Bonchev–Trinajstić information content (AvgIpc) is 3.82. The van der Waals surface area contributed by atoms with E-state index in [9.17, 15) is 18.0 Å². The molecule has 0 N–H and O–H groups in total. The van der Waals surface area contributed by atoms with Crippen LogP contribution in [0.1, 0.15) is 35.6 Å². The van der Waals surface area contributed by atoms with Gasteiger partial charge in [-0.15, -0.1) is 5.10 Å². The van der Waals surface area contributed by atoms with Crippen molar-refractivity contribution in [1.82, 2.24) is 34.7 Å². The lowest BCUT2D eigenvalue weighted by atomic mass is 9.90. The maximum absolute atomic E-state index is 14.3. The van der Waals surface area contributed by atoms with Crippen LogP contribution in [-0.2, 0) is 18.9 Å². The van der Waals surface area contributed by atoms with E-state index in [0.717, 1.165) is 12.1 Å². The molecule has 2 saturated heterocycles. The van der Waals surface area contributed by atoms with Gasteiger partial charge in [0.25, 0.3) is 0 Å². The highest BCUT2D eigenvalue weighted by Gasteiger charge is 2.55. The highest BCUT2D eigenvalue weighted by atomic mass is 35.5. The Morgan fingerprint density at radius 3 is 2.50 bits per heavy atom. The monoisotopic (exact) mass is 779 g/mol. The van der Waals surface area contributed by atoms with E-state index in [0.29, 0.717) is 22.1 Å². The molecule has 276 valence electrons. The summed E-state index contributed by atoms with van der Waals surface area (Å²) in [4.78, 5) is 22.3. The van der Waals surface area contributed by atoms with Gasteiger partial charge in [0.05, 0.1) is 23.5 Å². The third-order valence-electron chi connectivity index (χ3n) is 8.71. The van der Waals surface area contributed by atoms with Crippen LogP contribution in [-0.4, -0.2) is 65.8 Å². The summed E-state index contributed by atoms with van der Waals surface area (Å²) in [6.45, 7) is 1.64. The zero-order valence-corrected chi connectivity index (χ0v) is 29.3. The van der Waals surface area contributed by atoms with Crippen molar-refractivity contribution >= 4 is 29.4 Å². The normalized spacial score (nSPS) is 22.4. The predicted molar refractivity (Wildman–Crippen MR) is 183 cm³/mol. The zero-order valence-electron chi connectivity index (χ0n) is 27.8. The van der Waals surface area contributed by atoms with Gasteiger partial charge in [0.15, 0.2) is 41.8 Å². The van der Waals surface area contributed by atoms with Crippen LogP contribution in [0.3, 0.4) is 0 Å². The first-order chi connectivity index (χ1) is 26.1. The van der Waals surface area contributed by atoms with Crippen molar-refractivity contribution in [2.45, 2.75) is 43.7 Å². The fourth-order valence-electron chi connectivity index (χ4n) is 6.35. The predicted octanol–water partition coefficient (Wildman–Crippen LogP) is 7.33. The van der Waals surface area contributed by atoms with Crippen molar-refractivity contribution in [3.8, 4) is 22.8 Å². The number of halogens is 5. The Bertz CT molecular complexity index is 2300. The highest BCUT2D eigenvalue weighted by molar-refractivity contribution is 6.34. The van der Waals surface area contributed by atoms with Crippen molar-refractivity contribution in [2.24, 2.45) is 0 Å². The molecule has 0 aliphatic carbocycles. The van der Waals surface area contributed by atoms with E-state index in [2.05, 4.69) is 25.4 Å². The van der Waals surface area contributed by atoms with Crippen LogP contribution < -0.4 is 4.74 Å². The number of aromatic nitrogens is 7. The van der Waals surface area contributed by atoms with E-state index < -0.39 is 60.4 Å². The molecule has 0 radical (unpaired) electrons. The number of carbonyl (C=O) groups is 1. The Morgan fingerprint density at radius 2 is 1.74 bits per heavy atom. The molecular weight excluding hydrogens is 754 g/mol. The highest BCUT2D eigenvalue weighted by Crippen LogP contribution is 2.46. The molecule has 0 saturated carbocycles. The third-order valence-corrected chi connectivity index (χ3v) is 9.26. The number of pyridine rings is 1. The minimum absolute atomic E-state index is 0.0106. The van der Waals surface area contributed by atoms with Crippen molar-refractivity contribution in [3.05, 3.63) is 136 Å². The second kappa shape index (κ2) is 14.8. The summed E-state index contributed by atoms with van der Waals surface area (Å²) in [6.07, 6.45) is -3.76. The van der Waals surface area contributed by atoms with E-state index in [1.807, 2.05) is 30.3 Å². The SMILES string of the molecule is Cc1nc(C2OC3COC(c4ccccc4)OC3C(n3cc(-c4cc(F)c(F)c(F)c4)nn3)C2OC(=O)Oc2ccccn2)n(-c2cc(Cl)ccc2Cl)n1. The molecule has 2 fully saturated rings. The van der Waals surface area contributed by atoms with Gasteiger partial charge in [-0.25, -0.2) is 37.3 Å². The molecule has 6 unspecified atom stereocenters. The molecule has 54 heavy (non-hydrogen) atoms. The van der Waals surface area contributed by atoms with Gasteiger partial charge in [-0.3, -0.25) is 0 Å². The average molecular weight is 781 g/mol. The molecule has 0 bridgehead atoms. The minimum Gasteiger partial charge on any atom is -0.425 e. The fraction of sp³-hybridized carbons (Fsp3) is 0.222. The van der Waals surface area contributed by atoms with Gasteiger partial charge in [0.1, 0.15) is 29.8 Å². The molecule has 6 atom stereocenters. The van der Waals surface area contributed by atoms with Crippen LogP contribution in [0, 0.1) is 24.4 Å². The molecule has 2 aliphatic heterocycles. The largest absolute Gasteiger partial charge is 0.515 e. The van der Waals surface area contributed by atoms with E-state index in [1.165, 1.54) is 27.8 Å². The van der Waals surface area contributed by atoms with Gasteiger partial charge in [0, 0.05) is 28.4 Å². The summed E-state index contributed by atoms with van der Waals surface area (Å²) in [5.74, 6) is -4.08. The molecular formula is C36H26Cl2F3N7O6. The van der Waals surface area contributed by atoms with E-state index in [-0.39, 0.29) is 34.6 Å². The van der Waals surface area contributed by atoms with Crippen molar-refractivity contribution < 1.29 is 41.7 Å². The Labute approximate surface area is 314 Å². The summed E-state index contributed by atoms with van der Waals surface area (Å²) >= 11 is 13.0. The van der Waals surface area contributed by atoms with E-state index >= 15 is 0 Å². The quantitative estimate of drug-likeness (QED) is 0.119. The van der Waals surface area contributed by atoms with Crippen LogP contribution in [0.25, 0.3) is 16.9 Å². The molecule has 18 heteroatoms. The van der Waals surface area contributed by atoms with E-state index in [1.54, 1.807) is 37.3 Å². The molecule has 8 rings (SSSR count). The molecule has 6 aromatic rings. The number of rotatable bonds is 7. The minimum atomic E-state index is -1.64. The number of carbonyl (C=O) groups excluding carboxylic acids is 1. The molecule has 3 aromatic carbocycles. The fourth-order valence-corrected chi connectivity index (χ4v) is 6.71. The number of aryl methyl sites for hydroxylation is 1. The van der Waals surface area contributed by atoms with Crippen LogP contribution in [0.2, 0.25) is 10.0 Å². The first kappa shape index (κ1) is 35.6. The lowest BCUT2D eigenvalue weighted by Crippen LogP contribution is -2.58. The Morgan fingerprint density at radius 1 is 0.963 bits per heavy atom. The first-order valence-electron chi connectivity index (χ1n) is 16.4. The summed E-state index contributed by atoms with van der Waals surface area (Å²) in [5.41, 5.74) is 0.899. The smallest absolute Gasteiger partial charge is 0.425 e. The van der Waals surface area contributed by atoms with Gasteiger partial charge in [-0.1, -0.05) is 64.8 Å². The topological polar surface area (TPSA) is 138 Å². The van der Waals surface area contributed by atoms with Crippen LogP contribution in [0.5, 0.6) is 5.88 Å². The summed E-state index contributed by atoms with van der Waals surface area (Å²) in [7, 11) is 0. The second-order valence-electron chi connectivity index (χ2n) is 12.2. The lowest BCUT2D eigenvalue weighted by molar-refractivity contribution is -0.319. The molecule has 0 spiro atoms. The first-order valence-corrected chi connectivity index (χ1v) is 17.1. The van der Waals surface area contributed by atoms with Gasteiger partial charge in [-0.05, 0) is 43.3 Å². The number of benzene rings is 3. The molecule has 2 aliphatic rings. The number of ether oxygens (including phenoxy) is 5. The van der Waals surface area contributed by atoms with Crippen molar-refractivity contribution in [3.63, 3.8) is 0 Å². The van der Waals surface area contributed by atoms with Gasteiger partial charge >= 0.3 is 6.16 Å². The third kappa shape index (κ3) is 7.01. The van der Waals surface area contributed by atoms with Crippen LogP contribution >= 0.6 is 23.2 Å². The maximum atomic E-state index is 14.3. The summed E-state index contributed by atoms with van der Waals surface area (Å²) in [5, 5.41) is 13.6. The molecule has 5 heterocycles. The van der Waals surface area contributed by atoms with Gasteiger partial charge in [-0.2, -0.15) is 5.10 Å². The summed E-state index contributed by atoms with van der Waals surface area (Å²) < 4.78 is 76.2. The Kier molecular flexibility index (Phi) is 9.76. The molecule has 13 nitrogen and oxygen atoms in total. The Balaban J connectivity index is 1.27. The molecule has 0 amide bonds. The standard InChI is InChI=1S/C36H26Cl2F3N7O6/c1-18-43-34(48(45-18)26-15-21(37)10-11-22(26)38)33-32(54-36(49)52-28-9-5-6-12-42-28)30(31-27(51-33)17-50-35(53-31)19-7-3-2-4-8-19)47-16-25(44-46-47)20-13-23(39)29(41)24(40)14-20/h2-16,27,30-33,35H,17H2,1H3. The van der Waals surface area contributed by atoms with Crippen LogP contribution in [0.4, 0.5) is 18.0 Å². The lowest BCUT2D eigenvalue weighted by Gasteiger charge is -2.48. The maximum Gasteiger partial charge on any atom is 0.515 e. The zero-order chi connectivity index (χ0) is 37.5. The van der Waals surface area contributed by atoms with E-state index in [4.69, 9.17) is 46.9 Å². The van der Waals surface area contributed by atoms with Crippen molar-refractivity contribution in [1.29, 1.82) is 0 Å². The number of hydrogen-bond acceptors (Lipinski definition) is 11. The Hall–Kier alpha value is -5.39. The van der Waals surface area contributed by atoms with Crippen molar-refractivity contribution in [2.75, 3.05) is 6.61 Å². The second-order valence-corrected chi connectivity index (χ2v) is 13.1. The molecule has 3 aromatic heterocycles. The van der Waals surface area contributed by atoms with Crippen LogP contribution in [0.15, 0.2) is 91.3 Å².